The van der Waals surface area contributed by atoms with E-state index in [1.165, 1.54) is 0 Å². The molecule has 2 bridgehead atoms. The number of rotatable bonds is 12. The third-order valence-corrected chi connectivity index (χ3v) is 10.9. The Balaban J connectivity index is 1.63. The van der Waals surface area contributed by atoms with Crippen LogP contribution in [0.3, 0.4) is 0 Å². The SMILES string of the molecule is C=CCCOC(=O)[C@@H]1[C@H]2C(=O)N([C@H](CO)c3ccccc3)C(C(=O)N(CC=C)c3ccc(OC)cc3)C23CC[C@@]1(C)S3. The van der Waals surface area contributed by atoms with Crippen LogP contribution in [0.4, 0.5) is 5.69 Å². The van der Waals surface area contributed by atoms with E-state index in [4.69, 9.17) is 9.47 Å². The fourth-order valence-corrected chi connectivity index (χ4v) is 9.39. The Kier molecular flexibility index (Phi) is 8.53. The van der Waals surface area contributed by atoms with Crippen LogP contribution in [0.15, 0.2) is 79.9 Å². The second-order valence-corrected chi connectivity index (χ2v) is 13.2. The first-order chi connectivity index (χ1) is 20.3. The molecule has 3 aliphatic heterocycles. The van der Waals surface area contributed by atoms with E-state index >= 15 is 0 Å². The van der Waals surface area contributed by atoms with Gasteiger partial charge in [0.25, 0.3) is 5.91 Å². The Bertz CT molecular complexity index is 1350. The molecule has 3 saturated heterocycles. The molecule has 3 fully saturated rings. The summed E-state index contributed by atoms with van der Waals surface area (Å²) in [6.45, 7) is 9.62. The number of aliphatic hydroxyl groups excluding tert-OH is 1. The number of nitrogens with zero attached hydrogens (tertiary/aromatic N) is 2. The number of aliphatic hydroxyl groups is 1. The Morgan fingerprint density at radius 3 is 2.48 bits per heavy atom. The fourth-order valence-electron chi connectivity index (χ4n) is 7.06. The molecule has 2 unspecified atom stereocenters. The van der Waals surface area contributed by atoms with E-state index in [-0.39, 0.29) is 31.6 Å². The average molecular weight is 591 g/mol. The van der Waals surface area contributed by atoms with Crippen molar-refractivity contribution in [2.24, 2.45) is 11.8 Å². The molecule has 9 heteroatoms. The lowest BCUT2D eigenvalue weighted by Crippen LogP contribution is -2.56. The number of carbonyl (C=O) groups excluding carboxylic acids is 3. The smallest absolute Gasteiger partial charge is 0.311 e. The van der Waals surface area contributed by atoms with Crippen LogP contribution in [-0.4, -0.2) is 70.2 Å². The maximum Gasteiger partial charge on any atom is 0.311 e. The Morgan fingerprint density at radius 1 is 1.14 bits per heavy atom. The highest BCUT2D eigenvalue weighted by Crippen LogP contribution is 2.72. The maximum absolute atomic E-state index is 14.8. The van der Waals surface area contributed by atoms with Gasteiger partial charge < -0.3 is 24.4 Å². The molecule has 2 aromatic carbocycles. The van der Waals surface area contributed by atoms with Crippen LogP contribution in [0.5, 0.6) is 5.75 Å². The number of likely N-dealkylation sites (tertiary alicyclic amines) is 1. The predicted octanol–water partition coefficient (Wildman–Crippen LogP) is 4.55. The largest absolute Gasteiger partial charge is 0.497 e. The number of anilines is 1. The highest BCUT2D eigenvalue weighted by molar-refractivity contribution is 8.02. The quantitative estimate of drug-likeness (QED) is 0.220. The summed E-state index contributed by atoms with van der Waals surface area (Å²) in [5.74, 6) is -1.81. The van der Waals surface area contributed by atoms with Crippen molar-refractivity contribution in [1.29, 1.82) is 0 Å². The van der Waals surface area contributed by atoms with Gasteiger partial charge in [0.15, 0.2) is 0 Å². The molecule has 0 aliphatic carbocycles. The summed E-state index contributed by atoms with van der Waals surface area (Å²) < 4.78 is 9.55. The summed E-state index contributed by atoms with van der Waals surface area (Å²) in [5, 5.41) is 10.7. The highest BCUT2D eigenvalue weighted by Gasteiger charge is 2.78. The van der Waals surface area contributed by atoms with Gasteiger partial charge in [0, 0.05) is 17.0 Å². The number of carbonyl (C=O) groups is 3. The second-order valence-electron chi connectivity index (χ2n) is 11.3. The summed E-state index contributed by atoms with van der Waals surface area (Å²) in [6.07, 6.45) is 5.10. The van der Waals surface area contributed by atoms with Gasteiger partial charge in [0.1, 0.15) is 11.8 Å². The summed E-state index contributed by atoms with van der Waals surface area (Å²) in [4.78, 5) is 46.2. The molecule has 3 aliphatic rings. The number of methoxy groups -OCH3 is 1. The van der Waals surface area contributed by atoms with Crippen LogP contribution in [-0.2, 0) is 19.1 Å². The van der Waals surface area contributed by atoms with Gasteiger partial charge in [-0.25, -0.2) is 0 Å². The molecule has 222 valence electrons. The first kappa shape index (κ1) is 29.9. The van der Waals surface area contributed by atoms with E-state index in [0.717, 1.165) is 5.56 Å². The fraction of sp³-hybridized carbons (Fsp3) is 0.424. The minimum absolute atomic E-state index is 0.188. The normalized spacial score (nSPS) is 28.2. The minimum Gasteiger partial charge on any atom is -0.497 e. The molecule has 5 rings (SSSR count). The van der Waals surface area contributed by atoms with Crippen molar-refractivity contribution in [2.45, 2.75) is 47.8 Å². The lowest BCUT2D eigenvalue weighted by atomic mass is 9.66. The zero-order valence-corrected chi connectivity index (χ0v) is 24.9. The van der Waals surface area contributed by atoms with Crippen molar-refractivity contribution in [2.75, 3.05) is 31.8 Å². The van der Waals surface area contributed by atoms with Crippen LogP contribution in [0.2, 0.25) is 0 Å². The summed E-state index contributed by atoms with van der Waals surface area (Å²) >= 11 is 1.57. The third-order valence-electron chi connectivity index (χ3n) is 8.92. The molecule has 1 spiro atoms. The molecule has 2 amide bonds. The van der Waals surface area contributed by atoms with E-state index in [9.17, 15) is 19.5 Å². The van der Waals surface area contributed by atoms with Crippen LogP contribution in [0.25, 0.3) is 0 Å². The van der Waals surface area contributed by atoms with Gasteiger partial charge in [0.05, 0.1) is 42.9 Å². The molecule has 3 heterocycles. The van der Waals surface area contributed by atoms with E-state index < -0.39 is 39.4 Å². The molecular weight excluding hydrogens is 552 g/mol. The van der Waals surface area contributed by atoms with Crippen molar-refractivity contribution >= 4 is 35.2 Å². The number of hydrogen-bond acceptors (Lipinski definition) is 7. The molecule has 2 aromatic rings. The van der Waals surface area contributed by atoms with Gasteiger partial charge in [-0.15, -0.1) is 24.9 Å². The van der Waals surface area contributed by atoms with Crippen molar-refractivity contribution in [3.8, 4) is 5.75 Å². The molecule has 0 aromatic heterocycles. The third kappa shape index (κ3) is 4.82. The Labute approximate surface area is 251 Å². The molecule has 0 radical (unpaired) electrons. The summed E-state index contributed by atoms with van der Waals surface area (Å²) in [5.41, 5.74) is 1.36. The van der Waals surface area contributed by atoms with E-state index in [1.807, 2.05) is 37.3 Å². The van der Waals surface area contributed by atoms with Crippen molar-refractivity contribution < 1.29 is 29.0 Å². The van der Waals surface area contributed by atoms with Crippen molar-refractivity contribution in [1.82, 2.24) is 4.90 Å². The number of thioether (sulfide) groups is 1. The maximum atomic E-state index is 14.8. The number of hydrogen-bond donors (Lipinski definition) is 1. The topological polar surface area (TPSA) is 96.4 Å². The first-order valence-corrected chi connectivity index (χ1v) is 15.1. The highest BCUT2D eigenvalue weighted by atomic mass is 32.2. The number of esters is 1. The van der Waals surface area contributed by atoms with Gasteiger partial charge in [-0.3, -0.25) is 14.4 Å². The van der Waals surface area contributed by atoms with Gasteiger partial charge in [-0.05, 0) is 56.0 Å². The number of fused-ring (bicyclic) bond motifs is 1. The van der Waals surface area contributed by atoms with Gasteiger partial charge >= 0.3 is 5.97 Å². The number of benzene rings is 2. The summed E-state index contributed by atoms with van der Waals surface area (Å²) in [7, 11) is 1.58. The second kappa shape index (κ2) is 12.0. The van der Waals surface area contributed by atoms with Crippen LogP contribution < -0.4 is 9.64 Å². The lowest BCUT2D eigenvalue weighted by molar-refractivity contribution is -0.156. The lowest BCUT2D eigenvalue weighted by Gasteiger charge is -2.39. The zero-order valence-electron chi connectivity index (χ0n) is 24.1. The van der Waals surface area contributed by atoms with Gasteiger partial charge in [-0.2, -0.15) is 0 Å². The van der Waals surface area contributed by atoms with Crippen LogP contribution in [0, 0.1) is 11.8 Å². The average Bonchev–Trinajstić information content (AvgIpc) is 3.57. The molecule has 1 N–H and O–H groups in total. The predicted molar refractivity (Wildman–Crippen MR) is 163 cm³/mol. The standard InChI is InChI=1S/C33H38N2O6S/c1-5-7-20-41-31(39)27-26-29(37)35(25(21-36)22-11-9-8-10-12-22)28(33(26)18-17-32(27,3)42-33)30(38)34(19-6-2)23-13-15-24(40-4)16-14-23/h5-6,8-16,25-28,36H,1-2,7,17-21H2,3-4H3/t25-,26+,27+,28?,32-,33?/m1/s1. The van der Waals surface area contributed by atoms with Crippen molar-refractivity contribution in [3.63, 3.8) is 0 Å². The van der Waals surface area contributed by atoms with Gasteiger partial charge in [0.2, 0.25) is 5.91 Å². The van der Waals surface area contributed by atoms with E-state index in [2.05, 4.69) is 13.2 Å². The first-order valence-electron chi connectivity index (χ1n) is 14.3. The minimum atomic E-state index is -0.924. The number of amides is 2. The Hall–Kier alpha value is -3.56. The van der Waals surface area contributed by atoms with Crippen LogP contribution >= 0.6 is 11.8 Å². The number of ether oxygens (including phenoxy) is 2. The van der Waals surface area contributed by atoms with Gasteiger partial charge in [-0.1, -0.05) is 42.5 Å². The van der Waals surface area contributed by atoms with E-state index in [0.29, 0.717) is 30.7 Å². The molecular formula is C33H38N2O6S. The molecule has 0 saturated carbocycles. The van der Waals surface area contributed by atoms with E-state index in [1.54, 1.807) is 65.1 Å². The van der Waals surface area contributed by atoms with Crippen molar-refractivity contribution in [3.05, 3.63) is 85.5 Å². The van der Waals surface area contributed by atoms with Crippen LogP contribution in [0.1, 0.15) is 37.8 Å². The summed E-state index contributed by atoms with van der Waals surface area (Å²) in [6, 6.07) is 14.7. The zero-order chi connectivity index (χ0) is 30.1. The molecule has 42 heavy (non-hydrogen) atoms. The monoisotopic (exact) mass is 590 g/mol. The molecule has 8 nitrogen and oxygen atoms in total. The molecule has 6 atom stereocenters. The Morgan fingerprint density at radius 2 is 1.86 bits per heavy atom.